The minimum atomic E-state index is -0.387. The Bertz CT molecular complexity index is 416. The van der Waals surface area contributed by atoms with Crippen molar-refractivity contribution in [1.29, 1.82) is 0 Å². The molecule has 1 amide bonds. The Morgan fingerprint density at radius 1 is 1.47 bits per heavy atom. The smallest absolute Gasteiger partial charge is 0.407 e. The van der Waals surface area contributed by atoms with Crippen LogP contribution in [0, 0.1) is 0 Å². The standard InChI is InChI=1S/C14H19NO4/c1-10(16)2-3-11-4-6-12(7-5-11)18-9-13-8-15-14(17)19-13/h4-7,10,13,16H,2-3,8-9H2,1H3,(H,15,17). The maximum atomic E-state index is 10.8. The highest BCUT2D eigenvalue weighted by Crippen LogP contribution is 2.15. The van der Waals surface area contributed by atoms with Crippen molar-refractivity contribution >= 4 is 6.09 Å². The van der Waals surface area contributed by atoms with Gasteiger partial charge in [0.25, 0.3) is 0 Å². The van der Waals surface area contributed by atoms with Gasteiger partial charge in [0.2, 0.25) is 0 Å². The fourth-order valence-electron chi connectivity index (χ4n) is 1.84. The molecule has 0 aromatic heterocycles. The van der Waals surface area contributed by atoms with E-state index in [-0.39, 0.29) is 18.3 Å². The van der Waals surface area contributed by atoms with Gasteiger partial charge in [0.1, 0.15) is 12.4 Å². The lowest BCUT2D eigenvalue weighted by Crippen LogP contribution is -2.21. The Kier molecular flexibility index (Phi) is 4.63. The Labute approximate surface area is 112 Å². The summed E-state index contributed by atoms with van der Waals surface area (Å²) in [6, 6.07) is 7.75. The van der Waals surface area contributed by atoms with Crippen LogP contribution in [0.1, 0.15) is 18.9 Å². The molecule has 1 fully saturated rings. The number of aliphatic hydroxyl groups is 1. The molecule has 0 radical (unpaired) electrons. The van der Waals surface area contributed by atoms with Crippen molar-refractivity contribution in [2.75, 3.05) is 13.2 Å². The zero-order valence-electron chi connectivity index (χ0n) is 11.0. The van der Waals surface area contributed by atoms with E-state index < -0.39 is 0 Å². The number of nitrogens with one attached hydrogen (secondary N) is 1. The predicted molar refractivity (Wildman–Crippen MR) is 70.2 cm³/mol. The van der Waals surface area contributed by atoms with Gasteiger partial charge in [-0.15, -0.1) is 0 Å². The van der Waals surface area contributed by atoms with Crippen LogP contribution in [-0.4, -0.2) is 36.6 Å². The van der Waals surface area contributed by atoms with Crippen LogP contribution in [-0.2, 0) is 11.2 Å². The van der Waals surface area contributed by atoms with E-state index in [2.05, 4.69) is 5.32 Å². The minimum Gasteiger partial charge on any atom is -0.490 e. The summed E-state index contributed by atoms with van der Waals surface area (Å²) in [5.74, 6) is 0.753. The van der Waals surface area contributed by atoms with Crippen molar-refractivity contribution in [2.24, 2.45) is 0 Å². The van der Waals surface area contributed by atoms with E-state index in [4.69, 9.17) is 9.47 Å². The van der Waals surface area contributed by atoms with Crippen molar-refractivity contribution in [1.82, 2.24) is 5.32 Å². The molecule has 0 bridgehead atoms. The van der Waals surface area contributed by atoms with Gasteiger partial charge in [0, 0.05) is 0 Å². The van der Waals surface area contributed by atoms with E-state index in [0.29, 0.717) is 13.2 Å². The monoisotopic (exact) mass is 265 g/mol. The average molecular weight is 265 g/mol. The van der Waals surface area contributed by atoms with Crippen LogP contribution in [0.25, 0.3) is 0 Å². The number of hydrogen-bond acceptors (Lipinski definition) is 4. The van der Waals surface area contributed by atoms with Crippen LogP contribution in [0.3, 0.4) is 0 Å². The first-order chi connectivity index (χ1) is 9.13. The predicted octanol–water partition coefficient (Wildman–Crippen LogP) is 1.49. The summed E-state index contributed by atoms with van der Waals surface area (Å²) in [6.07, 6.45) is 0.719. The first-order valence-corrected chi connectivity index (χ1v) is 6.48. The molecule has 2 N–H and O–H groups in total. The number of aryl methyl sites for hydroxylation is 1. The molecular formula is C14H19NO4. The molecule has 5 heteroatoms. The lowest BCUT2D eigenvalue weighted by molar-refractivity contribution is 0.105. The second-order valence-electron chi connectivity index (χ2n) is 4.75. The van der Waals surface area contributed by atoms with Gasteiger partial charge < -0.3 is 19.9 Å². The minimum absolute atomic E-state index is 0.220. The number of alkyl carbamates (subject to hydrolysis) is 1. The summed E-state index contributed by atoms with van der Waals surface area (Å²) in [4.78, 5) is 10.8. The normalized spacial score (nSPS) is 19.7. The molecule has 1 saturated heterocycles. The van der Waals surface area contributed by atoms with Gasteiger partial charge in [-0.3, -0.25) is 0 Å². The van der Waals surface area contributed by atoms with E-state index in [9.17, 15) is 9.90 Å². The lowest BCUT2D eigenvalue weighted by atomic mass is 10.1. The number of benzene rings is 1. The summed E-state index contributed by atoms with van der Waals surface area (Å²) >= 11 is 0. The topological polar surface area (TPSA) is 67.8 Å². The number of ether oxygens (including phenoxy) is 2. The summed E-state index contributed by atoms with van der Waals surface area (Å²) in [5.41, 5.74) is 1.17. The molecule has 1 aliphatic heterocycles. The largest absolute Gasteiger partial charge is 0.490 e. The Morgan fingerprint density at radius 3 is 2.79 bits per heavy atom. The van der Waals surface area contributed by atoms with E-state index in [1.165, 1.54) is 5.56 Å². The van der Waals surface area contributed by atoms with Crippen LogP contribution in [0.4, 0.5) is 4.79 Å². The van der Waals surface area contributed by atoms with Gasteiger partial charge in [-0.05, 0) is 37.5 Å². The van der Waals surface area contributed by atoms with Crippen molar-refractivity contribution < 1.29 is 19.4 Å². The third kappa shape index (κ3) is 4.44. The third-order valence-corrected chi connectivity index (χ3v) is 2.96. The zero-order chi connectivity index (χ0) is 13.7. The highest BCUT2D eigenvalue weighted by atomic mass is 16.6. The molecule has 5 nitrogen and oxygen atoms in total. The van der Waals surface area contributed by atoms with Gasteiger partial charge in [0.05, 0.1) is 12.6 Å². The first kappa shape index (κ1) is 13.7. The number of carbonyl (C=O) groups is 1. The Hall–Kier alpha value is -1.75. The second kappa shape index (κ2) is 6.43. The van der Waals surface area contributed by atoms with E-state index in [1.807, 2.05) is 24.3 Å². The molecule has 1 aromatic rings. The van der Waals surface area contributed by atoms with E-state index in [1.54, 1.807) is 6.92 Å². The van der Waals surface area contributed by atoms with Gasteiger partial charge >= 0.3 is 6.09 Å². The lowest BCUT2D eigenvalue weighted by Gasteiger charge is -2.11. The summed E-state index contributed by atoms with van der Waals surface area (Å²) in [5, 5.41) is 11.8. The molecule has 1 aromatic carbocycles. The molecule has 2 atom stereocenters. The van der Waals surface area contributed by atoms with Crippen molar-refractivity contribution in [3.63, 3.8) is 0 Å². The maximum Gasteiger partial charge on any atom is 0.407 e. The summed E-state index contributed by atoms with van der Waals surface area (Å²) in [6.45, 7) is 2.63. The summed E-state index contributed by atoms with van der Waals surface area (Å²) in [7, 11) is 0. The molecule has 2 rings (SSSR count). The van der Waals surface area contributed by atoms with Crippen LogP contribution < -0.4 is 10.1 Å². The average Bonchev–Trinajstić information content (AvgIpc) is 2.81. The van der Waals surface area contributed by atoms with E-state index >= 15 is 0 Å². The van der Waals surface area contributed by atoms with Crippen LogP contribution in [0.5, 0.6) is 5.75 Å². The second-order valence-corrected chi connectivity index (χ2v) is 4.75. The molecule has 0 spiro atoms. The van der Waals surface area contributed by atoms with E-state index in [0.717, 1.165) is 18.6 Å². The zero-order valence-corrected chi connectivity index (χ0v) is 11.0. The third-order valence-electron chi connectivity index (χ3n) is 2.96. The van der Waals surface area contributed by atoms with Crippen LogP contribution in [0.2, 0.25) is 0 Å². The Morgan fingerprint density at radius 2 is 2.21 bits per heavy atom. The molecule has 1 aliphatic rings. The number of cyclic esters (lactones) is 1. The van der Waals surface area contributed by atoms with Crippen molar-refractivity contribution in [2.45, 2.75) is 32.0 Å². The summed E-state index contributed by atoms with van der Waals surface area (Å²) < 4.78 is 10.5. The van der Waals surface area contributed by atoms with Gasteiger partial charge in [-0.25, -0.2) is 4.79 Å². The SMILES string of the molecule is CC(O)CCc1ccc(OCC2CNC(=O)O2)cc1. The molecule has 0 aliphatic carbocycles. The van der Waals surface area contributed by atoms with Crippen LogP contribution >= 0.6 is 0 Å². The molecular weight excluding hydrogens is 246 g/mol. The highest BCUT2D eigenvalue weighted by molar-refractivity contribution is 5.69. The highest BCUT2D eigenvalue weighted by Gasteiger charge is 2.22. The molecule has 0 saturated carbocycles. The van der Waals surface area contributed by atoms with Gasteiger partial charge in [-0.2, -0.15) is 0 Å². The Balaban J connectivity index is 1.76. The molecule has 1 heterocycles. The number of rotatable bonds is 6. The van der Waals surface area contributed by atoms with Crippen molar-refractivity contribution in [3.8, 4) is 5.75 Å². The maximum absolute atomic E-state index is 10.8. The van der Waals surface area contributed by atoms with Gasteiger partial charge in [0.15, 0.2) is 6.10 Å². The van der Waals surface area contributed by atoms with Crippen molar-refractivity contribution in [3.05, 3.63) is 29.8 Å². The van der Waals surface area contributed by atoms with Crippen LogP contribution in [0.15, 0.2) is 24.3 Å². The quantitative estimate of drug-likeness (QED) is 0.817. The fourth-order valence-corrected chi connectivity index (χ4v) is 1.84. The number of aliphatic hydroxyl groups excluding tert-OH is 1. The fraction of sp³-hybridized carbons (Fsp3) is 0.500. The molecule has 2 unspecified atom stereocenters. The molecule has 104 valence electrons. The van der Waals surface area contributed by atoms with Gasteiger partial charge in [-0.1, -0.05) is 12.1 Å². The number of hydrogen-bond donors (Lipinski definition) is 2. The number of carbonyl (C=O) groups excluding carboxylic acids is 1. The first-order valence-electron chi connectivity index (χ1n) is 6.48. The number of amides is 1. The molecule has 19 heavy (non-hydrogen) atoms.